The lowest BCUT2D eigenvalue weighted by Gasteiger charge is -2.38. The van der Waals surface area contributed by atoms with Gasteiger partial charge in [0.05, 0.1) is 12.2 Å². The molecule has 0 aliphatic heterocycles. The molecule has 1 N–H and O–H groups in total. The maximum Gasteiger partial charge on any atom is 0.0810 e. The Morgan fingerprint density at radius 2 is 1.79 bits per heavy atom. The second-order valence-corrected chi connectivity index (χ2v) is 6.05. The van der Waals surface area contributed by atoms with E-state index in [1.807, 2.05) is 0 Å². The second kappa shape index (κ2) is 7.06. The van der Waals surface area contributed by atoms with Crippen LogP contribution in [0.5, 0.6) is 0 Å². The number of hydrogen-bond donors (Lipinski definition) is 1. The Balaban J connectivity index is 1.93. The first-order valence-electron chi connectivity index (χ1n) is 7.61. The van der Waals surface area contributed by atoms with Gasteiger partial charge in [0, 0.05) is 12.6 Å². The molecular formula is C17H27NO. The number of benzene rings is 1. The van der Waals surface area contributed by atoms with Gasteiger partial charge in [-0.1, -0.05) is 63.4 Å². The van der Waals surface area contributed by atoms with Crippen LogP contribution < -0.4 is 5.32 Å². The van der Waals surface area contributed by atoms with E-state index in [1.165, 1.54) is 37.7 Å². The zero-order chi connectivity index (χ0) is 13.6. The third-order valence-electron chi connectivity index (χ3n) is 3.99. The van der Waals surface area contributed by atoms with E-state index >= 15 is 0 Å². The molecule has 1 aromatic carbocycles. The molecule has 0 spiro atoms. The molecule has 1 saturated carbocycles. The van der Waals surface area contributed by atoms with E-state index < -0.39 is 0 Å². The molecule has 0 bridgehead atoms. The first-order valence-corrected chi connectivity index (χ1v) is 7.61. The van der Waals surface area contributed by atoms with Gasteiger partial charge < -0.3 is 10.1 Å². The predicted molar refractivity (Wildman–Crippen MR) is 80.2 cm³/mol. The monoisotopic (exact) mass is 261 g/mol. The third-order valence-corrected chi connectivity index (χ3v) is 3.99. The quantitative estimate of drug-likeness (QED) is 0.838. The number of rotatable bonds is 6. The predicted octanol–water partition coefficient (Wildman–Crippen LogP) is 3.90. The lowest BCUT2D eigenvalue weighted by atomic mass is 9.84. The van der Waals surface area contributed by atoms with Gasteiger partial charge in [0.15, 0.2) is 0 Å². The summed E-state index contributed by atoms with van der Waals surface area (Å²) in [5.74, 6) is 0. The summed E-state index contributed by atoms with van der Waals surface area (Å²) in [7, 11) is 0. The van der Waals surface area contributed by atoms with Crippen LogP contribution in [0.15, 0.2) is 30.3 Å². The Morgan fingerprint density at radius 3 is 2.42 bits per heavy atom. The van der Waals surface area contributed by atoms with Crippen molar-refractivity contribution in [1.29, 1.82) is 0 Å². The van der Waals surface area contributed by atoms with Gasteiger partial charge in [-0.2, -0.15) is 0 Å². The fourth-order valence-corrected chi connectivity index (χ4v) is 2.77. The van der Waals surface area contributed by atoms with Crippen LogP contribution in [0.1, 0.15) is 51.5 Å². The molecule has 2 nitrogen and oxygen atoms in total. The van der Waals surface area contributed by atoms with E-state index in [9.17, 15) is 0 Å². The van der Waals surface area contributed by atoms with Crippen molar-refractivity contribution in [3.05, 3.63) is 35.9 Å². The molecule has 0 saturated heterocycles. The Bertz CT molecular complexity index is 355. The van der Waals surface area contributed by atoms with Gasteiger partial charge in [0.1, 0.15) is 0 Å². The number of ether oxygens (including phenoxy) is 1. The average molecular weight is 261 g/mol. The molecule has 0 atom stereocenters. The summed E-state index contributed by atoms with van der Waals surface area (Å²) >= 11 is 0. The fourth-order valence-electron chi connectivity index (χ4n) is 2.77. The van der Waals surface area contributed by atoms with Crippen LogP contribution >= 0.6 is 0 Å². The molecule has 1 aliphatic carbocycles. The molecule has 2 rings (SSSR count). The molecule has 0 heterocycles. The van der Waals surface area contributed by atoms with Gasteiger partial charge in [-0.25, -0.2) is 0 Å². The molecule has 2 heteroatoms. The van der Waals surface area contributed by atoms with Crippen LogP contribution in [0.2, 0.25) is 0 Å². The highest BCUT2D eigenvalue weighted by molar-refractivity contribution is 5.13. The SMILES string of the molecule is CC(C)NCC1(OCc2ccccc2)CCCCC1. The summed E-state index contributed by atoms with van der Waals surface area (Å²) in [6.45, 7) is 6.12. The van der Waals surface area contributed by atoms with Crippen molar-refractivity contribution in [1.82, 2.24) is 5.32 Å². The highest BCUT2D eigenvalue weighted by atomic mass is 16.5. The maximum absolute atomic E-state index is 6.34. The minimum absolute atomic E-state index is 0.0539. The lowest BCUT2D eigenvalue weighted by molar-refractivity contribution is -0.0794. The molecule has 1 aromatic rings. The van der Waals surface area contributed by atoms with E-state index in [0.29, 0.717) is 6.04 Å². The fraction of sp³-hybridized carbons (Fsp3) is 0.647. The highest BCUT2D eigenvalue weighted by Crippen LogP contribution is 2.32. The lowest BCUT2D eigenvalue weighted by Crippen LogP contribution is -2.46. The van der Waals surface area contributed by atoms with Gasteiger partial charge in [-0.05, 0) is 18.4 Å². The summed E-state index contributed by atoms with van der Waals surface area (Å²) in [5.41, 5.74) is 1.33. The van der Waals surface area contributed by atoms with Gasteiger partial charge in [0.2, 0.25) is 0 Å². The largest absolute Gasteiger partial charge is 0.369 e. The Labute approximate surface area is 117 Å². The minimum atomic E-state index is 0.0539. The minimum Gasteiger partial charge on any atom is -0.369 e. The summed E-state index contributed by atoms with van der Waals surface area (Å²) in [5, 5.41) is 3.57. The molecular weight excluding hydrogens is 234 g/mol. The van der Waals surface area contributed by atoms with Gasteiger partial charge >= 0.3 is 0 Å². The zero-order valence-electron chi connectivity index (χ0n) is 12.3. The molecule has 0 aromatic heterocycles. The maximum atomic E-state index is 6.34. The van der Waals surface area contributed by atoms with Crippen LogP contribution in [-0.4, -0.2) is 18.2 Å². The molecule has 1 aliphatic rings. The molecule has 19 heavy (non-hydrogen) atoms. The van der Waals surface area contributed by atoms with Crippen molar-refractivity contribution in [2.24, 2.45) is 0 Å². The second-order valence-electron chi connectivity index (χ2n) is 6.05. The van der Waals surface area contributed by atoms with Crippen molar-refractivity contribution < 1.29 is 4.74 Å². The topological polar surface area (TPSA) is 21.3 Å². The van der Waals surface area contributed by atoms with E-state index in [0.717, 1.165) is 13.2 Å². The van der Waals surface area contributed by atoms with E-state index in [-0.39, 0.29) is 5.60 Å². The summed E-state index contributed by atoms with van der Waals surface area (Å²) in [6, 6.07) is 11.0. The van der Waals surface area contributed by atoms with Crippen molar-refractivity contribution in [3.8, 4) is 0 Å². The Kier molecular flexibility index (Phi) is 5.41. The average Bonchev–Trinajstić information content (AvgIpc) is 2.45. The van der Waals surface area contributed by atoms with Crippen molar-refractivity contribution in [2.75, 3.05) is 6.54 Å². The molecule has 106 valence electrons. The Hall–Kier alpha value is -0.860. The molecule has 1 fully saturated rings. The van der Waals surface area contributed by atoms with Crippen LogP contribution in [0.25, 0.3) is 0 Å². The zero-order valence-corrected chi connectivity index (χ0v) is 12.3. The van der Waals surface area contributed by atoms with E-state index in [4.69, 9.17) is 4.74 Å². The molecule has 0 amide bonds. The van der Waals surface area contributed by atoms with Crippen LogP contribution in [0.4, 0.5) is 0 Å². The van der Waals surface area contributed by atoms with E-state index in [1.54, 1.807) is 0 Å². The van der Waals surface area contributed by atoms with Crippen LogP contribution in [0, 0.1) is 0 Å². The van der Waals surface area contributed by atoms with Crippen LogP contribution in [0.3, 0.4) is 0 Å². The molecule has 0 unspecified atom stereocenters. The number of hydrogen-bond acceptors (Lipinski definition) is 2. The van der Waals surface area contributed by atoms with Crippen LogP contribution in [-0.2, 0) is 11.3 Å². The highest BCUT2D eigenvalue weighted by Gasteiger charge is 2.32. The van der Waals surface area contributed by atoms with Crippen molar-refractivity contribution >= 4 is 0 Å². The third kappa shape index (κ3) is 4.63. The summed E-state index contributed by atoms with van der Waals surface area (Å²) in [4.78, 5) is 0. The standard InChI is InChI=1S/C17H27NO/c1-15(2)18-14-17(11-7-4-8-12-17)19-13-16-9-5-3-6-10-16/h3,5-6,9-10,15,18H,4,7-8,11-14H2,1-2H3. The van der Waals surface area contributed by atoms with Crippen molar-refractivity contribution in [3.63, 3.8) is 0 Å². The first-order chi connectivity index (χ1) is 9.20. The smallest absolute Gasteiger partial charge is 0.0810 e. The Morgan fingerprint density at radius 1 is 1.11 bits per heavy atom. The van der Waals surface area contributed by atoms with Gasteiger partial charge in [-0.15, -0.1) is 0 Å². The summed E-state index contributed by atoms with van der Waals surface area (Å²) in [6.07, 6.45) is 6.35. The normalized spacial score (nSPS) is 18.7. The van der Waals surface area contributed by atoms with Gasteiger partial charge in [0.25, 0.3) is 0 Å². The molecule has 0 radical (unpaired) electrons. The van der Waals surface area contributed by atoms with Crippen molar-refractivity contribution in [2.45, 2.75) is 64.2 Å². The summed E-state index contributed by atoms with van der Waals surface area (Å²) < 4.78 is 6.34. The van der Waals surface area contributed by atoms with Gasteiger partial charge in [-0.3, -0.25) is 0 Å². The van der Waals surface area contributed by atoms with E-state index in [2.05, 4.69) is 49.5 Å². The first kappa shape index (κ1) is 14.5. The number of nitrogens with one attached hydrogen (secondary N) is 1.